The van der Waals surface area contributed by atoms with E-state index in [-0.39, 0.29) is 35.6 Å². The summed E-state index contributed by atoms with van der Waals surface area (Å²) in [4.78, 5) is 8.48. The van der Waals surface area contributed by atoms with E-state index >= 15 is 0 Å². The fraction of sp³-hybridized carbons (Fsp3) is 0.762. The maximum absolute atomic E-state index is 13.4. The summed E-state index contributed by atoms with van der Waals surface area (Å²) >= 11 is 0. The number of aromatic nitrogens is 2. The Bertz CT molecular complexity index is 1060. The molecule has 192 valence electrons. The quantitative estimate of drug-likeness (QED) is 0.387. The molecule has 2 heterocycles. The molecule has 0 spiro atoms. The molecule has 1 aromatic heterocycles. The zero-order valence-corrected chi connectivity index (χ0v) is 20.5. The van der Waals surface area contributed by atoms with Gasteiger partial charge in [0.25, 0.3) is 6.43 Å². The molecule has 13 heteroatoms. The van der Waals surface area contributed by atoms with Crippen LogP contribution in [0.2, 0.25) is 0 Å². The molecule has 0 saturated heterocycles. The van der Waals surface area contributed by atoms with Crippen LogP contribution in [0.5, 0.6) is 0 Å². The van der Waals surface area contributed by atoms with Crippen molar-refractivity contribution in [2.75, 3.05) is 31.8 Å². The van der Waals surface area contributed by atoms with E-state index in [1.807, 2.05) is 0 Å². The highest BCUT2D eigenvalue weighted by atomic mass is 32.2. The molecule has 3 rings (SSSR count). The molecule has 2 unspecified atom stereocenters. The molecule has 1 aromatic rings. The van der Waals surface area contributed by atoms with Gasteiger partial charge in [0.15, 0.2) is 11.4 Å². The van der Waals surface area contributed by atoms with E-state index in [4.69, 9.17) is 9.26 Å². The normalized spacial score (nSPS) is 27.4. The lowest BCUT2D eigenvalue weighted by Crippen LogP contribution is -2.65. The number of aliphatic imine (C=N–C) groups is 1. The van der Waals surface area contributed by atoms with Crippen LogP contribution in [-0.4, -0.2) is 78.8 Å². The van der Waals surface area contributed by atoms with Crippen molar-refractivity contribution in [1.82, 2.24) is 15.5 Å². The number of sulfone groups is 1. The number of aryl methyl sites for hydroxylation is 1. The van der Waals surface area contributed by atoms with Crippen molar-refractivity contribution < 1.29 is 36.7 Å². The lowest BCUT2D eigenvalue weighted by molar-refractivity contribution is -0.151. The number of hydrogen-bond donors (Lipinski definition) is 3. The summed E-state index contributed by atoms with van der Waals surface area (Å²) < 4.78 is 62.0. The van der Waals surface area contributed by atoms with Gasteiger partial charge in [0, 0.05) is 25.9 Å². The van der Waals surface area contributed by atoms with Crippen LogP contribution in [0.3, 0.4) is 0 Å². The third-order valence-corrected chi connectivity index (χ3v) is 7.62. The summed E-state index contributed by atoms with van der Waals surface area (Å²) in [5, 5.41) is 28.8. The van der Waals surface area contributed by atoms with E-state index in [1.165, 1.54) is 13.1 Å². The van der Waals surface area contributed by atoms with Crippen molar-refractivity contribution in [3.05, 3.63) is 23.2 Å². The topological polar surface area (TPSA) is 147 Å². The second-order valence-electron chi connectivity index (χ2n) is 9.30. The number of hydrogen-bond acceptors (Lipinski definition) is 10. The molecule has 3 N–H and O–H groups in total. The minimum atomic E-state index is -3.58. The molecule has 0 aromatic carbocycles. The van der Waals surface area contributed by atoms with Gasteiger partial charge in [0.05, 0.1) is 29.0 Å². The first-order valence-corrected chi connectivity index (χ1v) is 13.1. The van der Waals surface area contributed by atoms with Gasteiger partial charge in [-0.05, 0) is 32.1 Å². The maximum Gasteiger partial charge on any atom is 0.261 e. The molecule has 0 bridgehead atoms. The van der Waals surface area contributed by atoms with Crippen molar-refractivity contribution in [3.63, 3.8) is 0 Å². The minimum absolute atomic E-state index is 0.0455. The largest absolute Gasteiger partial charge is 0.507 e. The first kappa shape index (κ1) is 26.6. The molecular formula is C21H32F2N4O6S. The second-order valence-corrected chi connectivity index (χ2v) is 11.4. The third kappa shape index (κ3) is 5.02. The number of nitrogens with zero attached hydrogens (tertiary/aromatic N) is 3. The van der Waals surface area contributed by atoms with Gasteiger partial charge in [-0.25, -0.2) is 17.2 Å². The van der Waals surface area contributed by atoms with E-state index in [2.05, 4.69) is 20.4 Å². The standard InChI is InChI=1S/C21H32F2N4O6S/c1-5-15-17(29)21(32-8-16(22)23,20(11-28,9-24-15)14-6-7-14)10-25-19(3,12-34(4,30)31)18-26-13(2)33-27-18/h9,14,16,25,28-29H,5-8,10-12H2,1-4H3/t19?,20?,21-/m0/s1. The Labute approximate surface area is 197 Å². The van der Waals surface area contributed by atoms with E-state index in [9.17, 15) is 27.4 Å². The highest BCUT2D eigenvalue weighted by Gasteiger charge is 2.63. The summed E-state index contributed by atoms with van der Waals surface area (Å²) in [6, 6.07) is 0. The van der Waals surface area contributed by atoms with Crippen molar-refractivity contribution in [2.24, 2.45) is 16.3 Å². The summed E-state index contributed by atoms with van der Waals surface area (Å²) in [6.07, 6.45) is 1.36. The number of allylic oxidation sites excluding steroid dienone is 1. The first-order valence-electron chi connectivity index (χ1n) is 11.1. The van der Waals surface area contributed by atoms with Crippen molar-refractivity contribution in [3.8, 4) is 0 Å². The van der Waals surface area contributed by atoms with Crippen LogP contribution in [0.15, 0.2) is 21.0 Å². The molecule has 1 saturated carbocycles. The van der Waals surface area contributed by atoms with Crippen LogP contribution in [0.25, 0.3) is 0 Å². The Hall–Kier alpha value is -1.96. The zero-order valence-electron chi connectivity index (χ0n) is 19.7. The van der Waals surface area contributed by atoms with Crippen molar-refractivity contribution in [1.29, 1.82) is 0 Å². The maximum atomic E-state index is 13.4. The second kappa shape index (κ2) is 9.59. The van der Waals surface area contributed by atoms with E-state index in [0.29, 0.717) is 19.3 Å². The van der Waals surface area contributed by atoms with Crippen LogP contribution >= 0.6 is 0 Å². The summed E-state index contributed by atoms with van der Waals surface area (Å²) in [7, 11) is -3.58. The number of ether oxygens (including phenoxy) is 1. The molecule has 0 amide bonds. The molecule has 1 aliphatic heterocycles. The Morgan fingerprint density at radius 1 is 1.41 bits per heavy atom. The van der Waals surface area contributed by atoms with Gasteiger partial charge < -0.3 is 24.8 Å². The molecule has 10 nitrogen and oxygen atoms in total. The predicted molar refractivity (Wildman–Crippen MR) is 119 cm³/mol. The van der Waals surface area contributed by atoms with E-state index in [1.54, 1.807) is 13.8 Å². The van der Waals surface area contributed by atoms with E-state index in [0.717, 1.165) is 6.26 Å². The van der Waals surface area contributed by atoms with Crippen molar-refractivity contribution in [2.45, 2.75) is 57.6 Å². The third-order valence-electron chi connectivity index (χ3n) is 6.52. The van der Waals surface area contributed by atoms with Crippen LogP contribution < -0.4 is 5.32 Å². The highest BCUT2D eigenvalue weighted by Crippen LogP contribution is 2.56. The van der Waals surface area contributed by atoms with E-state index < -0.39 is 51.8 Å². The van der Waals surface area contributed by atoms with Gasteiger partial charge in [-0.15, -0.1) is 0 Å². The van der Waals surface area contributed by atoms with Crippen molar-refractivity contribution >= 4 is 16.1 Å². The van der Waals surface area contributed by atoms with Gasteiger partial charge in [-0.2, -0.15) is 4.98 Å². The molecule has 3 atom stereocenters. The predicted octanol–water partition coefficient (Wildman–Crippen LogP) is 1.90. The summed E-state index contributed by atoms with van der Waals surface area (Å²) in [5.74, 6) is -0.723. The van der Waals surface area contributed by atoms with Gasteiger partial charge in [-0.1, -0.05) is 12.1 Å². The average molecular weight is 507 g/mol. The smallest absolute Gasteiger partial charge is 0.261 e. The number of nitrogens with one attached hydrogen (secondary N) is 1. The van der Waals surface area contributed by atoms with Crippen LogP contribution in [-0.2, 0) is 20.1 Å². The summed E-state index contributed by atoms with van der Waals surface area (Å²) in [6.45, 7) is 2.99. The van der Waals surface area contributed by atoms with Crippen LogP contribution in [0.4, 0.5) is 8.78 Å². The molecule has 2 aliphatic rings. The number of alkyl halides is 2. The minimum Gasteiger partial charge on any atom is -0.507 e. The number of aliphatic hydroxyl groups is 2. The van der Waals surface area contributed by atoms with Gasteiger partial charge in [0.2, 0.25) is 5.89 Å². The molecule has 34 heavy (non-hydrogen) atoms. The van der Waals surface area contributed by atoms with Crippen LogP contribution in [0, 0.1) is 18.3 Å². The van der Waals surface area contributed by atoms with Gasteiger partial charge >= 0.3 is 0 Å². The van der Waals surface area contributed by atoms with Gasteiger partial charge in [0.1, 0.15) is 22.2 Å². The Morgan fingerprint density at radius 2 is 2.09 bits per heavy atom. The molecular weight excluding hydrogens is 474 g/mol. The Morgan fingerprint density at radius 3 is 2.56 bits per heavy atom. The van der Waals surface area contributed by atoms with Gasteiger partial charge in [-0.3, -0.25) is 4.99 Å². The highest BCUT2D eigenvalue weighted by molar-refractivity contribution is 7.90. The Balaban J connectivity index is 2.11. The zero-order chi connectivity index (χ0) is 25.4. The lowest BCUT2D eigenvalue weighted by Gasteiger charge is -2.50. The number of halogens is 2. The summed E-state index contributed by atoms with van der Waals surface area (Å²) in [5.41, 5.74) is -4.31. The SMILES string of the molecule is CCC1=C(O)[C@](CNC(C)(CS(C)(=O)=O)c2noc(C)n2)(OCC(F)F)C(CO)(C2CC2)C=N1. The molecule has 0 radical (unpaired) electrons. The average Bonchev–Trinajstić information content (AvgIpc) is 3.51. The van der Waals surface area contributed by atoms with Crippen LogP contribution in [0.1, 0.15) is 44.8 Å². The molecule has 1 fully saturated rings. The molecule has 1 aliphatic carbocycles. The number of aliphatic hydroxyl groups excluding tert-OH is 2. The lowest BCUT2D eigenvalue weighted by atomic mass is 9.66. The monoisotopic (exact) mass is 506 g/mol. The first-order chi connectivity index (χ1) is 15.8. The number of rotatable bonds is 12. The Kier molecular flexibility index (Phi) is 7.52. The fourth-order valence-corrected chi connectivity index (χ4v) is 5.95. The fourth-order valence-electron chi connectivity index (χ4n) is 4.67.